The van der Waals surface area contributed by atoms with Crippen LogP contribution in [0.5, 0.6) is 0 Å². The van der Waals surface area contributed by atoms with Gasteiger partial charge in [-0.3, -0.25) is 13.2 Å². The van der Waals surface area contributed by atoms with Crippen LogP contribution >= 0.6 is 0 Å². The van der Waals surface area contributed by atoms with Gasteiger partial charge >= 0.3 is 0 Å². The fourth-order valence-electron chi connectivity index (χ4n) is 4.01. The Kier molecular flexibility index (Phi) is 6.44. The van der Waals surface area contributed by atoms with Gasteiger partial charge in [-0.25, -0.2) is 12.6 Å². The first-order valence-corrected chi connectivity index (χ1v) is 13.1. The number of hydrogen-bond donors (Lipinski definition) is 2. The molecule has 0 aliphatic rings. The topological polar surface area (TPSA) is 103 Å². The van der Waals surface area contributed by atoms with E-state index in [4.69, 9.17) is 0 Å². The number of nitrogens with zero attached hydrogens (tertiary/aromatic N) is 3. The van der Waals surface area contributed by atoms with E-state index < -0.39 is 27.4 Å². The zero-order valence-electron chi connectivity index (χ0n) is 18.2. The Hall–Kier alpha value is -2.92. The second-order valence-electron chi connectivity index (χ2n) is 7.84. The largest absolute Gasteiger partial charge is 0.389 e. The molecule has 1 heterocycles. The first-order chi connectivity index (χ1) is 15.7. The summed E-state index contributed by atoms with van der Waals surface area (Å²) in [5.74, 6) is 0. The van der Waals surface area contributed by atoms with E-state index in [0.29, 0.717) is 11.4 Å². The van der Waals surface area contributed by atoms with Gasteiger partial charge in [-0.1, -0.05) is 36.4 Å². The molecule has 3 aromatic carbocycles. The van der Waals surface area contributed by atoms with E-state index in [-0.39, 0.29) is 13.1 Å². The highest BCUT2D eigenvalue weighted by atomic mass is 32.2. The molecule has 33 heavy (non-hydrogen) atoms. The van der Waals surface area contributed by atoms with E-state index in [1.54, 1.807) is 24.3 Å². The van der Waals surface area contributed by atoms with Gasteiger partial charge in [0.05, 0.1) is 36.8 Å². The molecule has 0 amide bonds. The summed E-state index contributed by atoms with van der Waals surface area (Å²) in [4.78, 5) is 0. The highest BCUT2D eigenvalue weighted by Gasteiger charge is 2.23. The van der Waals surface area contributed by atoms with Crippen molar-refractivity contribution in [3.8, 4) is 0 Å². The van der Waals surface area contributed by atoms with E-state index in [2.05, 4.69) is 0 Å². The van der Waals surface area contributed by atoms with Crippen molar-refractivity contribution in [2.75, 3.05) is 28.5 Å². The van der Waals surface area contributed by atoms with Crippen LogP contribution in [0, 0.1) is 0 Å². The van der Waals surface area contributed by atoms with Crippen LogP contribution in [-0.4, -0.2) is 52.8 Å². The smallest absolute Gasteiger partial charge is 0.261 e. The van der Waals surface area contributed by atoms with Gasteiger partial charge in [0, 0.05) is 28.9 Å². The van der Waals surface area contributed by atoms with Crippen LogP contribution in [0.2, 0.25) is 0 Å². The average molecular weight is 488 g/mol. The van der Waals surface area contributed by atoms with Gasteiger partial charge in [0.1, 0.15) is 0 Å². The number of aliphatic hydroxyl groups is 1. The fourth-order valence-corrected chi connectivity index (χ4v) is 5.26. The molecule has 1 aromatic heterocycles. The van der Waals surface area contributed by atoms with E-state index in [0.717, 1.165) is 36.7 Å². The minimum absolute atomic E-state index is 0.138. The predicted octanol–water partition coefficient (Wildman–Crippen LogP) is 3.19. The molecule has 2 unspecified atom stereocenters. The third-order valence-electron chi connectivity index (χ3n) is 5.59. The van der Waals surface area contributed by atoms with Crippen molar-refractivity contribution in [2.45, 2.75) is 12.6 Å². The zero-order valence-corrected chi connectivity index (χ0v) is 19.8. The molecule has 4 rings (SSSR count). The van der Waals surface area contributed by atoms with Crippen LogP contribution in [0.25, 0.3) is 21.8 Å². The van der Waals surface area contributed by atoms with Crippen molar-refractivity contribution >= 4 is 54.5 Å². The molecule has 0 fully saturated rings. The van der Waals surface area contributed by atoms with Crippen LogP contribution in [0.4, 0.5) is 11.4 Å². The van der Waals surface area contributed by atoms with Crippen molar-refractivity contribution in [3.05, 3.63) is 72.8 Å². The highest BCUT2D eigenvalue weighted by Crippen LogP contribution is 2.29. The van der Waals surface area contributed by atoms with Gasteiger partial charge in [0.2, 0.25) is 10.0 Å². The number of sulfonamides is 1. The van der Waals surface area contributed by atoms with E-state index in [9.17, 15) is 22.3 Å². The summed E-state index contributed by atoms with van der Waals surface area (Å²) >= 11 is -2.19. The van der Waals surface area contributed by atoms with Gasteiger partial charge in [0.15, 0.2) is 0 Å². The Bertz CT molecular complexity index is 1360. The molecular formula is C23H25N3O5S2. The molecule has 0 radical (unpaired) electrons. The molecule has 0 saturated heterocycles. The van der Waals surface area contributed by atoms with Crippen LogP contribution in [-0.2, 0) is 27.8 Å². The second-order valence-corrected chi connectivity index (χ2v) is 10.8. The Morgan fingerprint density at radius 3 is 1.88 bits per heavy atom. The lowest BCUT2D eigenvalue weighted by Gasteiger charge is -2.26. The molecule has 0 bridgehead atoms. The summed E-state index contributed by atoms with van der Waals surface area (Å²) in [6.45, 7) is 0.0745. The van der Waals surface area contributed by atoms with Crippen molar-refractivity contribution in [3.63, 3.8) is 0 Å². The Morgan fingerprint density at radius 1 is 0.909 bits per heavy atom. The van der Waals surface area contributed by atoms with Crippen molar-refractivity contribution < 1.29 is 22.3 Å². The molecule has 10 heteroatoms. The molecule has 8 nitrogen and oxygen atoms in total. The van der Waals surface area contributed by atoms with E-state index in [1.165, 1.54) is 7.05 Å². The number of benzene rings is 3. The van der Waals surface area contributed by atoms with Crippen LogP contribution < -0.4 is 8.61 Å². The molecule has 4 aromatic rings. The summed E-state index contributed by atoms with van der Waals surface area (Å²) in [7, 11) is -2.23. The minimum Gasteiger partial charge on any atom is -0.389 e. The van der Waals surface area contributed by atoms with Gasteiger partial charge in [-0.05, 0) is 36.4 Å². The molecule has 0 saturated carbocycles. The van der Waals surface area contributed by atoms with Crippen LogP contribution in [0.1, 0.15) is 0 Å². The highest BCUT2D eigenvalue weighted by molar-refractivity contribution is 7.92. The molecule has 0 spiro atoms. The molecule has 0 aliphatic carbocycles. The van der Waals surface area contributed by atoms with Gasteiger partial charge in [0.25, 0.3) is 11.3 Å². The summed E-state index contributed by atoms with van der Waals surface area (Å²) < 4.78 is 49.8. The van der Waals surface area contributed by atoms with Crippen LogP contribution in [0.15, 0.2) is 72.8 Å². The van der Waals surface area contributed by atoms with Gasteiger partial charge in [-0.15, -0.1) is 0 Å². The maximum Gasteiger partial charge on any atom is 0.261 e. The summed E-state index contributed by atoms with van der Waals surface area (Å²) in [6, 6.07) is 22.0. The number of fused-ring (bicyclic) bond motifs is 3. The second kappa shape index (κ2) is 9.14. The van der Waals surface area contributed by atoms with Gasteiger partial charge < -0.3 is 9.67 Å². The SMILES string of the molecule is CN(c1ccc(N(CC(O)Cn2c3ccccc3c3ccccc32)S(C)(=O)=O)cc1)S(=O)O. The quantitative estimate of drug-likeness (QED) is 0.372. The predicted molar refractivity (Wildman–Crippen MR) is 133 cm³/mol. The number of aromatic nitrogens is 1. The first-order valence-electron chi connectivity index (χ1n) is 10.2. The maximum absolute atomic E-state index is 12.5. The van der Waals surface area contributed by atoms with Crippen molar-refractivity contribution in [2.24, 2.45) is 0 Å². The lowest BCUT2D eigenvalue weighted by molar-refractivity contribution is 0.166. The Morgan fingerprint density at radius 2 is 1.39 bits per heavy atom. The third-order valence-corrected chi connectivity index (χ3v) is 7.43. The maximum atomic E-state index is 12.5. The fraction of sp³-hybridized carbons (Fsp3) is 0.217. The lowest BCUT2D eigenvalue weighted by atomic mass is 10.2. The summed E-state index contributed by atoms with van der Waals surface area (Å²) in [6.07, 6.45) is 0.106. The standard InChI is InChI=1S/C23H25N3O5S2/c1-24(32(28)29)17-11-13-18(14-12-17)26(33(2,30)31)16-19(27)15-25-22-9-5-3-7-20(22)21-8-4-6-10-23(21)25/h3-14,19,27H,15-16H2,1-2H3,(H,28,29). The monoisotopic (exact) mass is 487 g/mol. The number of rotatable bonds is 8. The summed E-state index contributed by atoms with van der Waals surface area (Å²) in [5.41, 5.74) is 2.75. The Labute approximate surface area is 195 Å². The number of hydrogen-bond acceptors (Lipinski definition) is 4. The molecule has 2 atom stereocenters. The van der Waals surface area contributed by atoms with E-state index >= 15 is 0 Å². The normalized spacial score (nSPS) is 13.8. The molecule has 0 aliphatic heterocycles. The molecule has 2 N–H and O–H groups in total. The van der Waals surface area contributed by atoms with Crippen molar-refractivity contribution in [1.29, 1.82) is 0 Å². The zero-order chi connectivity index (χ0) is 23.8. The van der Waals surface area contributed by atoms with Gasteiger partial charge in [-0.2, -0.15) is 0 Å². The minimum atomic E-state index is -3.69. The molecular weight excluding hydrogens is 462 g/mol. The average Bonchev–Trinajstić information content (AvgIpc) is 3.10. The summed E-state index contributed by atoms with van der Waals surface area (Å²) in [5, 5.41) is 13.1. The third kappa shape index (κ3) is 4.74. The lowest BCUT2D eigenvalue weighted by Crippen LogP contribution is -2.38. The number of anilines is 2. The Balaban J connectivity index is 1.63. The molecule has 174 valence electrons. The van der Waals surface area contributed by atoms with Crippen molar-refractivity contribution in [1.82, 2.24) is 4.57 Å². The van der Waals surface area contributed by atoms with E-state index in [1.807, 2.05) is 53.1 Å². The first kappa shape index (κ1) is 23.2. The number of para-hydroxylation sites is 2. The number of aliphatic hydroxyl groups excluding tert-OH is 1. The van der Waals surface area contributed by atoms with Crippen LogP contribution in [0.3, 0.4) is 0 Å².